The molecule has 4 aromatic rings. The first-order valence-electron chi connectivity index (χ1n) is 10.8. The Morgan fingerprint density at radius 2 is 1.86 bits per heavy atom. The number of benzene rings is 3. The molecule has 0 aliphatic rings. The molecule has 0 unspecified atom stereocenters. The summed E-state index contributed by atoms with van der Waals surface area (Å²) in [6.45, 7) is 0.0216. The largest absolute Gasteiger partial charge is 0.497 e. The minimum Gasteiger partial charge on any atom is -0.497 e. The topological polar surface area (TPSA) is 124 Å². The molecule has 0 radical (unpaired) electrons. The highest BCUT2D eigenvalue weighted by Crippen LogP contribution is 2.30. The summed E-state index contributed by atoms with van der Waals surface area (Å²) in [6.07, 6.45) is 0. The van der Waals surface area contributed by atoms with Crippen molar-refractivity contribution < 1.29 is 14.5 Å². The number of carbonyl (C=O) groups excluding carboxylic acids is 1. The van der Waals surface area contributed by atoms with E-state index < -0.39 is 11.0 Å². The molecule has 0 saturated heterocycles. The second-order valence-corrected chi connectivity index (χ2v) is 9.28. The van der Waals surface area contributed by atoms with Crippen LogP contribution < -0.4 is 15.4 Å². The Morgan fingerprint density at radius 1 is 1.11 bits per heavy atom. The van der Waals surface area contributed by atoms with Gasteiger partial charge in [0, 0.05) is 23.6 Å². The van der Waals surface area contributed by atoms with Gasteiger partial charge < -0.3 is 15.4 Å². The van der Waals surface area contributed by atoms with Gasteiger partial charge >= 0.3 is 6.03 Å². The molecule has 13 heteroatoms. The van der Waals surface area contributed by atoms with Gasteiger partial charge in [0.15, 0.2) is 11.0 Å². The molecule has 0 spiro atoms. The van der Waals surface area contributed by atoms with Crippen molar-refractivity contribution in [2.24, 2.45) is 0 Å². The van der Waals surface area contributed by atoms with Crippen molar-refractivity contribution in [1.29, 1.82) is 0 Å². The lowest BCUT2D eigenvalue weighted by molar-refractivity contribution is -0.384. The maximum absolute atomic E-state index is 12.5. The molecule has 0 aliphatic carbocycles. The van der Waals surface area contributed by atoms with Crippen molar-refractivity contribution in [3.8, 4) is 11.4 Å². The molecule has 0 saturated carbocycles. The van der Waals surface area contributed by atoms with Crippen molar-refractivity contribution >= 4 is 52.4 Å². The number of aromatic nitrogens is 3. The summed E-state index contributed by atoms with van der Waals surface area (Å²) < 4.78 is 7.02. The highest BCUT2D eigenvalue weighted by atomic mass is 35.5. The smallest absolute Gasteiger partial charge is 0.319 e. The summed E-state index contributed by atoms with van der Waals surface area (Å²) in [5, 5.41) is 26.1. The number of amides is 2. The van der Waals surface area contributed by atoms with Crippen LogP contribution in [0.15, 0.2) is 71.9 Å². The van der Waals surface area contributed by atoms with Crippen LogP contribution >= 0.6 is 35.0 Å². The Kier molecular flexibility index (Phi) is 8.49. The second kappa shape index (κ2) is 12.0. The fourth-order valence-corrected chi connectivity index (χ4v) is 4.59. The van der Waals surface area contributed by atoms with Crippen LogP contribution in [-0.2, 0) is 12.3 Å². The first-order valence-corrected chi connectivity index (χ1v) is 12.5. The van der Waals surface area contributed by atoms with Crippen LogP contribution in [0.25, 0.3) is 5.69 Å². The fourth-order valence-electron chi connectivity index (χ4n) is 3.33. The zero-order valence-electron chi connectivity index (χ0n) is 19.4. The van der Waals surface area contributed by atoms with Crippen LogP contribution in [0.2, 0.25) is 10.0 Å². The predicted molar refractivity (Wildman–Crippen MR) is 143 cm³/mol. The molecule has 190 valence electrons. The van der Waals surface area contributed by atoms with Gasteiger partial charge in [-0.3, -0.25) is 14.7 Å². The number of hydrogen-bond acceptors (Lipinski definition) is 7. The first-order chi connectivity index (χ1) is 17.9. The van der Waals surface area contributed by atoms with E-state index in [4.69, 9.17) is 27.9 Å². The molecule has 2 N–H and O–H groups in total. The maximum Gasteiger partial charge on any atom is 0.319 e. The van der Waals surface area contributed by atoms with Gasteiger partial charge in [-0.1, -0.05) is 53.2 Å². The van der Waals surface area contributed by atoms with Crippen molar-refractivity contribution in [2.45, 2.75) is 17.5 Å². The average Bonchev–Trinajstić information content (AvgIpc) is 3.32. The molecule has 1 aromatic heterocycles. The number of rotatable bonds is 9. The van der Waals surface area contributed by atoms with Crippen LogP contribution in [0.5, 0.6) is 5.75 Å². The number of nitrogens with zero attached hydrogens (tertiary/aromatic N) is 4. The molecule has 1 heterocycles. The lowest BCUT2D eigenvalue weighted by atomic mass is 10.2. The van der Waals surface area contributed by atoms with Crippen LogP contribution in [0.4, 0.5) is 16.2 Å². The molecule has 4 rings (SSSR count). The third kappa shape index (κ3) is 6.50. The van der Waals surface area contributed by atoms with Gasteiger partial charge in [-0.2, -0.15) is 0 Å². The summed E-state index contributed by atoms with van der Waals surface area (Å²) in [5.41, 5.74) is 1.94. The maximum atomic E-state index is 12.5. The van der Waals surface area contributed by atoms with Gasteiger partial charge in [-0.25, -0.2) is 4.79 Å². The molecule has 0 fully saturated rings. The van der Waals surface area contributed by atoms with Crippen LogP contribution in [0.1, 0.15) is 11.4 Å². The zero-order chi connectivity index (χ0) is 26.4. The number of carbonyl (C=O) groups is 1. The van der Waals surface area contributed by atoms with E-state index >= 15 is 0 Å². The lowest BCUT2D eigenvalue weighted by Gasteiger charge is -2.12. The Balaban J connectivity index is 1.55. The minimum absolute atomic E-state index is 0.0216. The number of nitro benzene ring substituents is 1. The monoisotopic (exact) mass is 558 g/mol. The van der Waals surface area contributed by atoms with E-state index in [1.807, 2.05) is 24.3 Å². The Bertz CT molecular complexity index is 1430. The van der Waals surface area contributed by atoms with Gasteiger partial charge in [0.25, 0.3) is 5.69 Å². The lowest BCUT2D eigenvalue weighted by Crippen LogP contribution is -2.29. The first kappa shape index (κ1) is 26.3. The molecule has 0 atom stereocenters. The number of anilines is 1. The van der Waals surface area contributed by atoms with Gasteiger partial charge in [-0.15, -0.1) is 10.2 Å². The summed E-state index contributed by atoms with van der Waals surface area (Å²) in [6, 6.07) is 18.0. The van der Waals surface area contributed by atoms with Crippen molar-refractivity contribution in [3.63, 3.8) is 0 Å². The quantitative estimate of drug-likeness (QED) is 0.144. The number of halogens is 2. The van der Waals surface area contributed by atoms with Crippen LogP contribution in [0, 0.1) is 10.1 Å². The molecule has 10 nitrogen and oxygen atoms in total. The highest BCUT2D eigenvalue weighted by molar-refractivity contribution is 7.98. The second-order valence-electron chi connectivity index (χ2n) is 7.56. The minimum atomic E-state index is -0.520. The highest BCUT2D eigenvalue weighted by Gasteiger charge is 2.17. The molecular formula is C24H20Cl2N6O4S. The van der Waals surface area contributed by atoms with Crippen molar-refractivity contribution in [2.75, 3.05) is 12.4 Å². The third-order valence-corrected chi connectivity index (χ3v) is 6.95. The standard InChI is InChI=1S/C24H20Cl2N6O4S/c1-36-18-5-2-4-15(12-18)14-37-24-30-29-21(31(24)16-8-10-17(11-9-16)32(34)35)13-27-23(33)28-20-7-3-6-19(25)22(20)26/h2-12H,13-14H2,1H3,(H2,27,28,33). The van der Waals surface area contributed by atoms with Crippen LogP contribution in [0.3, 0.4) is 0 Å². The number of ether oxygens (including phenoxy) is 1. The molecule has 2 amide bonds. The van der Waals surface area contributed by atoms with E-state index in [1.54, 1.807) is 42.0 Å². The number of hydrogen-bond donors (Lipinski definition) is 2. The van der Waals surface area contributed by atoms with E-state index in [-0.39, 0.29) is 17.3 Å². The van der Waals surface area contributed by atoms with E-state index in [9.17, 15) is 14.9 Å². The van der Waals surface area contributed by atoms with Gasteiger partial charge in [-0.05, 0) is 42.0 Å². The summed E-state index contributed by atoms with van der Waals surface area (Å²) in [7, 11) is 1.60. The zero-order valence-corrected chi connectivity index (χ0v) is 21.7. The number of thioether (sulfide) groups is 1. The normalized spacial score (nSPS) is 10.7. The van der Waals surface area contributed by atoms with Crippen molar-refractivity contribution in [1.82, 2.24) is 20.1 Å². The van der Waals surface area contributed by atoms with E-state index in [1.165, 1.54) is 23.9 Å². The van der Waals surface area contributed by atoms with Gasteiger partial charge in [0.2, 0.25) is 0 Å². The Hall–Kier alpha value is -3.80. The fraction of sp³-hybridized carbons (Fsp3) is 0.125. The van der Waals surface area contributed by atoms with E-state index in [2.05, 4.69) is 20.8 Å². The molecule has 37 heavy (non-hydrogen) atoms. The Morgan fingerprint density at radius 3 is 2.59 bits per heavy atom. The van der Waals surface area contributed by atoms with Gasteiger partial charge in [0.1, 0.15) is 5.75 Å². The molecular weight excluding hydrogens is 539 g/mol. The van der Waals surface area contributed by atoms with Crippen LogP contribution in [-0.4, -0.2) is 32.8 Å². The number of nitro groups is 1. The van der Waals surface area contributed by atoms with E-state index in [0.29, 0.717) is 33.1 Å². The number of urea groups is 1. The number of methoxy groups -OCH3 is 1. The van der Waals surface area contributed by atoms with E-state index in [0.717, 1.165) is 11.3 Å². The number of non-ortho nitro benzene ring substituents is 1. The Labute approximate surface area is 226 Å². The SMILES string of the molecule is COc1cccc(CSc2nnc(CNC(=O)Nc3cccc(Cl)c3Cl)n2-c2ccc([N+](=O)[O-])cc2)c1. The molecule has 3 aromatic carbocycles. The average molecular weight is 559 g/mol. The summed E-state index contributed by atoms with van der Waals surface area (Å²) in [4.78, 5) is 23.2. The molecule has 0 bridgehead atoms. The molecule has 0 aliphatic heterocycles. The summed E-state index contributed by atoms with van der Waals surface area (Å²) >= 11 is 13.6. The predicted octanol–water partition coefficient (Wildman–Crippen LogP) is 6.10. The van der Waals surface area contributed by atoms with Gasteiger partial charge in [0.05, 0.1) is 34.3 Å². The third-order valence-electron chi connectivity index (χ3n) is 5.13. The summed E-state index contributed by atoms with van der Waals surface area (Å²) in [5.74, 6) is 1.74. The van der Waals surface area contributed by atoms with Crippen molar-refractivity contribution in [3.05, 3.63) is 98.3 Å². The number of nitrogens with one attached hydrogen (secondary N) is 2.